The number of hydrogen-bond acceptors (Lipinski definition) is 0. The van der Waals surface area contributed by atoms with Gasteiger partial charge in [0.15, 0.2) is 0 Å². The van der Waals surface area contributed by atoms with Crippen molar-refractivity contribution in [2.75, 3.05) is 0 Å². The summed E-state index contributed by atoms with van der Waals surface area (Å²) in [6.07, 6.45) is 5.17. The van der Waals surface area contributed by atoms with Crippen LogP contribution in [0.25, 0.3) is 34.4 Å². The standard InChI is InChI=1S/C20H21.C18H17.2CH3.2ClH.H2Si.Zr/c1-14-12-17-16(15-8-6-5-7-9-15)10-11-19(18(17)13-14)20(2,3)4;1-13(2)16-11-15-9-6-10-17(18(15)12-16)14-7-4-3-5-8-14;;;;;;/h5-13H,1-4H3;3-13H,1-2H3;2*1H3;2*1H;1H2;. The van der Waals surface area contributed by atoms with Crippen molar-refractivity contribution in [1.29, 1.82) is 0 Å². The van der Waals surface area contributed by atoms with Crippen LogP contribution in [0.2, 0.25) is 9.26 Å². The summed E-state index contributed by atoms with van der Waals surface area (Å²) in [4.78, 5) is 0. The first-order valence-electron chi connectivity index (χ1n) is 15.7. The van der Waals surface area contributed by atoms with Crippen LogP contribution in [0.4, 0.5) is 0 Å². The quantitative estimate of drug-likeness (QED) is 0.180. The predicted molar refractivity (Wildman–Crippen MR) is 199 cm³/mol. The molecular weight excluding hydrogens is 671 g/mol. The van der Waals surface area contributed by atoms with E-state index in [1.807, 2.05) is 0 Å². The zero-order valence-electron chi connectivity index (χ0n) is 27.6. The van der Waals surface area contributed by atoms with Crippen molar-refractivity contribution >= 4 is 43.8 Å². The molecule has 4 aromatic rings. The van der Waals surface area contributed by atoms with E-state index in [0.717, 1.165) is 0 Å². The minimum Gasteiger partial charge on any atom is -0.147 e. The summed E-state index contributed by atoms with van der Waals surface area (Å²) in [6, 6.07) is 34.0. The molecule has 0 saturated heterocycles. The van der Waals surface area contributed by atoms with Crippen LogP contribution in [0.15, 0.2) is 102 Å². The Hall–Kier alpha value is -1.96. The molecule has 2 atom stereocenters. The smallest absolute Gasteiger partial charge is 0.147 e. The molecule has 2 aliphatic rings. The van der Waals surface area contributed by atoms with E-state index in [-0.39, 0.29) is 30.2 Å². The van der Waals surface area contributed by atoms with Crippen LogP contribution in [0.3, 0.4) is 0 Å². The molecule has 0 saturated carbocycles. The minimum atomic E-state index is -3.73. The second kappa shape index (κ2) is 12.3. The van der Waals surface area contributed by atoms with Crippen molar-refractivity contribution in [1.82, 2.24) is 0 Å². The molecule has 0 fully saturated rings. The van der Waals surface area contributed by atoms with E-state index in [1.54, 1.807) is 22.3 Å². The second-order valence-corrected chi connectivity index (χ2v) is 45.7. The fourth-order valence-corrected chi connectivity index (χ4v) is 28.9. The van der Waals surface area contributed by atoms with Crippen molar-refractivity contribution in [3.05, 3.63) is 130 Å². The number of fused-ring (bicyclic) bond motifs is 2. The van der Waals surface area contributed by atoms with Gasteiger partial charge in [-0.15, -0.1) is 24.8 Å². The van der Waals surface area contributed by atoms with Gasteiger partial charge in [0.1, 0.15) is 0 Å². The number of benzene rings is 4. The van der Waals surface area contributed by atoms with Gasteiger partial charge in [0.05, 0.1) is 0 Å². The first-order chi connectivity index (χ1) is 19.8. The Morgan fingerprint density at radius 2 is 1.20 bits per heavy atom. The van der Waals surface area contributed by atoms with Gasteiger partial charge in [-0.25, -0.2) is 0 Å². The Morgan fingerprint density at radius 1 is 0.659 bits per heavy atom. The van der Waals surface area contributed by atoms with E-state index >= 15 is 0 Å². The Labute approximate surface area is 280 Å². The average Bonchev–Trinajstić information content (AvgIpc) is 3.52. The molecule has 0 aliphatic heterocycles. The van der Waals surface area contributed by atoms with Crippen LogP contribution < -0.4 is 0 Å². The van der Waals surface area contributed by atoms with Gasteiger partial charge >= 0.3 is 258 Å². The average molecular weight is 719 g/mol. The van der Waals surface area contributed by atoms with Crippen LogP contribution in [0, 0.1) is 5.92 Å². The fourth-order valence-electron chi connectivity index (χ4n) is 8.41. The van der Waals surface area contributed by atoms with E-state index in [0.29, 0.717) is 13.2 Å². The van der Waals surface area contributed by atoms with Crippen molar-refractivity contribution in [3.63, 3.8) is 0 Å². The van der Waals surface area contributed by atoms with E-state index < -0.39 is 17.4 Å². The van der Waals surface area contributed by atoms with Gasteiger partial charge in [0.2, 0.25) is 0 Å². The molecule has 4 heteroatoms. The third kappa shape index (κ3) is 5.75. The van der Waals surface area contributed by atoms with Gasteiger partial charge < -0.3 is 0 Å². The molecule has 0 nitrogen and oxygen atoms in total. The summed E-state index contributed by atoms with van der Waals surface area (Å²) < 4.78 is 6.57. The molecule has 230 valence electrons. The van der Waals surface area contributed by atoms with Gasteiger partial charge in [0.25, 0.3) is 0 Å². The Kier molecular flexibility index (Phi) is 9.78. The third-order valence-electron chi connectivity index (χ3n) is 10.0. The summed E-state index contributed by atoms with van der Waals surface area (Å²) in [7, 11) is 0. The second-order valence-electron chi connectivity index (χ2n) is 15.3. The summed E-state index contributed by atoms with van der Waals surface area (Å²) in [6.45, 7) is 16.9. The van der Waals surface area contributed by atoms with Gasteiger partial charge in [-0.2, -0.15) is 0 Å². The largest absolute Gasteiger partial charge is 0.147 e. The zero-order chi connectivity index (χ0) is 30.1. The fraction of sp³-hybridized carbons (Fsp3) is 0.300. The minimum absolute atomic E-state index is 0. The number of allylic oxidation sites excluding steroid dienone is 2. The molecule has 0 heterocycles. The molecule has 2 unspecified atom stereocenters. The zero-order valence-corrected chi connectivity index (χ0v) is 33.1. The Bertz CT molecular complexity index is 1820. The van der Waals surface area contributed by atoms with Crippen LogP contribution in [-0.2, 0) is 22.8 Å². The van der Waals surface area contributed by atoms with Crippen molar-refractivity contribution in [2.45, 2.75) is 63.5 Å². The third-order valence-corrected chi connectivity index (χ3v) is 27.6. The van der Waals surface area contributed by atoms with Crippen LogP contribution in [0.5, 0.6) is 0 Å². The van der Waals surface area contributed by atoms with Crippen LogP contribution in [0.1, 0.15) is 76.6 Å². The monoisotopic (exact) mass is 716 g/mol. The first-order valence-corrected chi connectivity index (χ1v) is 29.3. The summed E-state index contributed by atoms with van der Waals surface area (Å²) >= 11 is -3.73. The first kappa shape index (κ1) is 34.9. The van der Waals surface area contributed by atoms with Crippen molar-refractivity contribution in [2.24, 2.45) is 5.92 Å². The van der Waals surface area contributed by atoms with Crippen LogP contribution >= 0.6 is 24.8 Å². The number of rotatable bonds is 5. The molecule has 0 radical (unpaired) electrons. The number of halogens is 2. The van der Waals surface area contributed by atoms with Crippen molar-refractivity contribution < 1.29 is 17.4 Å². The molecule has 4 aromatic carbocycles. The van der Waals surface area contributed by atoms with E-state index in [9.17, 15) is 0 Å². The van der Waals surface area contributed by atoms with E-state index in [4.69, 9.17) is 0 Å². The van der Waals surface area contributed by atoms with Crippen LogP contribution in [-0.4, -0.2) is 6.88 Å². The molecular formula is C40H48Cl2SiZr. The molecule has 2 aliphatic carbocycles. The number of hydrogen-bond donors (Lipinski definition) is 0. The van der Waals surface area contributed by atoms with E-state index in [2.05, 4.69) is 161 Å². The molecule has 0 amide bonds. The Balaban J connectivity index is 0.00000221. The molecule has 44 heavy (non-hydrogen) atoms. The molecule has 6 rings (SSSR count). The summed E-state index contributed by atoms with van der Waals surface area (Å²) in [5.74, 6) is 0.506. The van der Waals surface area contributed by atoms with Gasteiger partial charge in [-0.3, -0.25) is 0 Å². The molecule has 0 N–H and O–H groups in total. The molecule has 0 spiro atoms. The topological polar surface area (TPSA) is 0 Å². The Morgan fingerprint density at radius 3 is 1.73 bits per heavy atom. The normalized spacial score (nSPS) is 17.7. The SMILES string of the molecule is CC1=Cc2c(-c3ccccc3)ccc(C(C)(C)C)c2[CH]1[Zr]([CH3])([CH3])(=[SiH2])[CH]1C(C(C)C)=Cc2c(-c3ccccc3)cccc21.Cl.Cl. The summed E-state index contributed by atoms with van der Waals surface area (Å²) in [5.41, 5.74) is 16.3. The summed E-state index contributed by atoms with van der Waals surface area (Å²) in [5, 5.41) is 0. The molecule has 0 aromatic heterocycles. The predicted octanol–water partition coefficient (Wildman–Crippen LogP) is 11.7. The maximum atomic E-state index is 2.78. The van der Waals surface area contributed by atoms with Gasteiger partial charge in [-0.1, -0.05) is 0 Å². The van der Waals surface area contributed by atoms with Crippen molar-refractivity contribution in [3.8, 4) is 22.3 Å². The maximum Gasteiger partial charge on any atom is -0.147 e. The maximum absolute atomic E-state index is 3.73. The van der Waals surface area contributed by atoms with Gasteiger partial charge in [0, 0.05) is 0 Å². The van der Waals surface area contributed by atoms with E-state index in [1.165, 1.54) is 38.9 Å². The van der Waals surface area contributed by atoms with Gasteiger partial charge in [-0.05, 0) is 0 Å². The molecule has 0 bridgehead atoms.